The van der Waals surface area contributed by atoms with Crippen molar-refractivity contribution in [1.82, 2.24) is 15.8 Å². The van der Waals surface area contributed by atoms with Crippen LogP contribution in [-0.2, 0) is 0 Å². The summed E-state index contributed by atoms with van der Waals surface area (Å²) in [6.45, 7) is 3.84. The maximum absolute atomic E-state index is 11.0. The van der Waals surface area contributed by atoms with E-state index in [2.05, 4.69) is 10.7 Å². The fraction of sp³-hybridized carbons (Fsp3) is 0.667. The molecular weight excluding hydrogens is 160 g/mol. The molecule has 0 saturated carbocycles. The zero-order chi connectivity index (χ0) is 9.30. The first kappa shape index (κ1) is 8.79. The first-order valence-electron chi connectivity index (χ1n) is 3.68. The second-order valence-corrected chi connectivity index (χ2v) is 2.97. The summed E-state index contributed by atoms with van der Waals surface area (Å²) in [5.41, 5.74) is 7.55. The van der Waals surface area contributed by atoms with Gasteiger partial charge in [0.1, 0.15) is 6.17 Å². The van der Waals surface area contributed by atoms with Crippen molar-refractivity contribution < 1.29 is 9.59 Å². The van der Waals surface area contributed by atoms with Crippen molar-refractivity contribution >= 4 is 12.1 Å². The summed E-state index contributed by atoms with van der Waals surface area (Å²) in [4.78, 5) is 21.6. The number of hydrogen-bond acceptors (Lipinski definition) is 3. The standard InChI is InChI=1S/C6H12N4O2/c1-3(2)4-8-6(12)10(9-4)5(7)11/h3-4,9H,1-2H3,(H2,7,11)(H,8,12). The Morgan fingerprint density at radius 3 is 2.50 bits per heavy atom. The summed E-state index contributed by atoms with van der Waals surface area (Å²) in [5.74, 6) is 0.207. The zero-order valence-electron chi connectivity index (χ0n) is 7.00. The number of carbonyl (C=O) groups excluding carboxylic acids is 2. The number of nitrogens with zero attached hydrogens (tertiary/aromatic N) is 1. The van der Waals surface area contributed by atoms with E-state index in [1.54, 1.807) is 0 Å². The number of rotatable bonds is 1. The topological polar surface area (TPSA) is 87.5 Å². The van der Waals surface area contributed by atoms with Gasteiger partial charge in [-0.2, -0.15) is 10.4 Å². The van der Waals surface area contributed by atoms with Crippen molar-refractivity contribution in [2.45, 2.75) is 20.0 Å². The monoisotopic (exact) mass is 172 g/mol. The number of carbonyl (C=O) groups is 2. The lowest BCUT2D eigenvalue weighted by atomic mass is 10.2. The average Bonchev–Trinajstić information content (AvgIpc) is 2.30. The average molecular weight is 172 g/mol. The van der Waals surface area contributed by atoms with Crippen LogP contribution >= 0.6 is 0 Å². The fourth-order valence-corrected chi connectivity index (χ4v) is 0.907. The number of imide groups is 1. The molecule has 1 aliphatic heterocycles. The molecule has 4 amide bonds. The summed E-state index contributed by atoms with van der Waals surface area (Å²) in [5, 5.41) is 3.33. The molecule has 1 rings (SSSR count). The van der Waals surface area contributed by atoms with Crippen molar-refractivity contribution in [3.63, 3.8) is 0 Å². The SMILES string of the molecule is CC(C)C1NC(=O)N(C(N)=O)N1. The maximum Gasteiger partial charge on any atom is 0.341 e. The molecule has 0 aromatic heterocycles. The second-order valence-electron chi connectivity index (χ2n) is 2.97. The molecule has 0 bridgehead atoms. The molecule has 12 heavy (non-hydrogen) atoms. The Morgan fingerprint density at radius 1 is 1.67 bits per heavy atom. The Kier molecular flexibility index (Phi) is 2.18. The van der Waals surface area contributed by atoms with Crippen LogP contribution < -0.4 is 16.5 Å². The lowest BCUT2D eigenvalue weighted by molar-refractivity contribution is 0.187. The summed E-state index contributed by atoms with van der Waals surface area (Å²) < 4.78 is 0. The van der Waals surface area contributed by atoms with Crippen LogP contribution in [-0.4, -0.2) is 23.2 Å². The van der Waals surface area contributed by atoms with Crippen molar-refractivity contribution in [3.05, 3.63) is 0 Å². The number of urea groups is 2. The summed E-state index contributed by atoms with van der Waals surface area (Å²) in [6.07, 6.45) is -0.218. The number of nitrogens with two attached hydrogens (primary N) is 1. The predicted octanol–water partition coefficient (Wildman–Crippen LogP) is -0.423. The molecular formula is C6H12N4O2. The van der Waals surface area contributed by atoms with Gasteiger partial charge in [0.25, 0.3) is 0 Å². The zero-order valence-corrected chi connectivity index (χ0v) is 7.00. The van der Waals surface area contributed by atoms with Gasteiger partial charge in [0, 0.05) is 0 Å². The quantitative estimate of drug-likeness (QED) is 0.502. The minimum absolute atomic E-state index is 0.207. The Bertz CT molecular complexity index is 216. The lowest BCUT2D eigenvalue weighted by Crippen LogP contribution is -2.46. The molecule has 0 aromatic carbocycles. The van der Waals surface area contributed by atoms with E-state index in [9.17, 15) is 9.59 Å². The van der Waals surface area contributed by atoms with E-state index in [1.165, 1.54) is 0 Å². The Morgan fingerprint density at radius 2 is 2.25 bits per heavy atom. The molecule has 6 nitrogen and oxygen atoms in total. The second kappa shape index (κ2) is 2.98. The van der Waals surface area contributed by atoms with Crippen LogP contribution in [0.25, 0.3) is 0 Å². The van der Waals surface area contributed by atoms with Gasteiger partial charge in [-0.05, 0) is 5.92 Å². The molecule has 4 N–H and O–H groups in total. The smallest absolute Gasteiger partial charge is 0.341 e. The largest absolute Gasteiger partial charge is 0.350 e. The van der Waals surface area contributed by atoms with Gasteiger partial charge >= 0.3 is 12.1 Å². The molecule has 1 unspecified atom stereocenters. The highest BCUT2D eigenvalue weighted by atomic mass is 16.2. The first-order chi connectivity index (χ1) is 5.52. The van der Waals surface area contributed by atoms with Gasteiger partial charge in [0.05, 0.1) is 0 Å². The highest BCUT2D eigenvalue weighted by molar-refractivity contribution is 5.93. The van der Waals surface area contributed by atoms with Crippen LogP contribution in [0.15, 0.2) is 0 Å². The highest BCUT2D eigenvalue weighted by Crippen LogP contribution is 2.05. The summed E-state index contributed by atoms with van der Waals surface area (Å²) in [6, 6.07) is -1.29. The van der Waals surface area contributed by atoms with Gasteiger partial charge in [-0.25, -0.2) is 9.59 Å². The van der Waals surface area contributed by atoms with E-state index in [-0.39, 0.29) is 12.1 Å². The van der Waals surface area contributed by atoms with Gasteiger partial charge < -0.3 is 11.1 Å². The van der Waals surface area contributed by atoms with E-state index < -0.39 is 12.1 Å². The van der Waals surface area contributed by atoms with E-state index in [1.807, 2.05) is 13.8 Å². The van der Waals surface area contributed by atoms with E-state index in [4.69, 9.17) is 5.73 Å². The Hall–Kier alpha value is -1.30. The molecule has 0 spiro atoms. The van der Waals surface area contributed by atoms with Crippen LogP contribution in [0.3, 0.4) is 0 Å². The molecule has 1 atom stereocenters. The van der Waals surface area contributed by atoms with Crippen molar-refractivity contribution in [2.24, 2.45) is 11.7 Å². The summed E-state index contributed by atoms with van der Waals surface area (Å²) >= 11 is 0. The number of hydrazine groups is 1. The van der Waals surface area contributed by atoms with Crippen LogP contribution in [0, 0.1) is 5.92 Å². The van der Waals surface area contributed by atoms with Crippen LogP contribution in [0.2, 0.25) is 0 Å². The number of amides is 4. The van der Waals surface area contributed by atoms with Gasteiger partial charge in [0.15, 0.2) is 0 Å². The predicted molar refractivity (Wildman–Crippen MR) is 41.7 cm³/mol. The molecule has 0 aliphatic carbocycles. The Labute approximate surface area is 70.1 Å². The molecule has 1 heterocycles. The third-order valence-electron chi connectivity index (χ3n) is 1.64. The van der Waals surface area contributed by atoms with Crippen molar-refractivity contribution in [2.75, 3.05) is 0 Å². The molecule has 0 radical (unpaired) electrons. The van der Waals surface area contributed by atoms with E-state index >= 15 is 0 Å². The van der Waals surface area contributed by atoms with E-state index in [0.29, 0.717) is 0 Å². The molecule has 1 aliphatic rings. The van der Waals surface area contributed by atoms with Crippen molar-refractivity contribution in [3.8, 4) is 0 Å². The molecule has 1 saturated heterocycles. The van der Waals surface area contributed by atoms with Gasteiger partial charge in [-0.15, -0.1) is 0 Å². The fourth-order valence-electron chi connectivity index (χ4n) is 0.907. The lowest BCUT2D eigenvalue weighted by Gasteiger charge is -2.14. The summed E-state index contributed by atoms with van der Waals surface area (Å²) in [7, 11) is 0. The van der Waals surface area contributed by atoms with Gasteiger partial charge in [-0.3, -0.25) is 0 Å². The molecule has 1 fully saturated rings. The Balaban J connectivity index is 2.62. The minimum Gasteiger partial charge on any atom is -0.350 e. The third-order valence-corrected chi connectivity index (χ3v) is 1.64. The van der Waals surface area contributed by atoms with Crippen LogP contribution in [0.1, 0.15) is 13.8 Å². The van der Waals surface area contributed by atoms with Crippen molar-refractivity contribution in [1.29, 1.82) is 0 Å². The number of hydrogen-bond donors (Lipinski definition) is 3. The normalized spacial score (nSPS) is 23.1. The van der Waals surface area contributed by atoms with Gasteiger partial charge in [-0.1, -0.05) is 13.8 Å². The van der Waals surface area contributed by atoms with Crippen LogP contribution in [0.5, 0.6) is 0 Å². The molecule has 6 heteroatoms. The maximum atomic E-state index is 11.0. The van der Waals surface area contributed by atoms with Crippen LogP contribution in [0.4, 0.5) is 9.59 Å². The number of primary amides is 1. The highest BCUT2D eigenvalue weighted by Gasteiger charge is 2.32. The first-order valence-corrected chi connectivity index (χ1v) is 3.68. The molecule has 68 valence electrons. The third kappa shape index (κ3) is 1.48. The molecule has 0 aromatic rings. The number of nitrogens with one attached hydrogen (secondary N) is 2. The van der Waals surface area contributed by atoms with Gasteiger partial charge in [0.2, 0.25) is 0 Å². The van der Waals surface area contributed by atoms with E-state index in [0.717, 1.165) is 5.01 Å². The minimum atomic E-state index is -0.796.